The maximum atomic E-state index is 10.2. The number of carbonyl (C=O) groups is 1. The zero-order chi connectivity index (χ0) is 8.97. The summed E-state index contributed by atoms with van der Waals surface area (Å²) in [5.74, 6) is -0.825. The Kier molecular flexibility index (Phi) is 3.19. The second-order valence-electron chi connectivity index (χ2n) is 2.28. The molecule has 12 heavy (non-hydrogen) atoms. The molecule has 4 nitrogen and oxygen atoms in total. The van der Waals surface area contributed by atoms with Crippen molar-refractivity contribution in [2.45, 2.75) is 19.4 Å². The van der Waals surface area contributed by atoms with E-state index in [1.54, 1.807) is 5.38 Å². The van der Waals surface area contributed by atoms with Crippen LogP contribution in [0, 0.1) is 0 Å². The number of thiazole rings is 1. The standard InChI is InChI=1S/C7H9NO3S/c9-3-6-8-5(4-12-6)1-2-7(10)11/h4,9H,1-3H2,(H,10,11). The van der Waals surface area contributed by atoms with Crippen LogP contribution in [0.2, 0.25) is 0 Å². The first-order valence-corrected chi connectivity index (χ1v) is 4.36. The van der Waals surface area contributed by atoms with E-state index in [4.69, 9.17) is 10.2 Å². The van der Waals surface area contributed by atoms with Gasteiger partial charge in [0.15, 0.2) is 0 Å². The fourth-order valence-electron chi connectivity index (χ4n) is 0.771. The van der Waals surface area contributed by atoms with Gasteiger partial charge in [-0.25, -0.2) is 4.98 Å². The number of aryl methyl sites for hydroxylation is 1. The predicted octanol–water partition coefficient (Wildman–Crippen LogP) is 0.653. The Morgan fingerprint density at radius 2 is 2.42 bits per heavy atom. The number of aliphatic hydroxyl groups is 1. The Morgan fingerprint density at radius 3 is 2.92 bits per heavy atom. The molecule has 0 saturated carbocycles. The lowest BCUT2D eigenvalue weighted by atomic mass is 10.2. The molecule has 0 aromatic carbocycles. The van der Waals surface area contributed by atoms with Crippen LogP contribution in [0.15, 0.2) is 5.38 Å². The van der Waals surface area contributed by atoms with E-state index in [1.165, 1.54) is 11.3 Å². The van der Waals surface area contributed by atoms with E-state index in [9.17, 15) is 4.79 Å². The maximum absolute atomic E-state index is 10.2. The smallest absolute Gasteiger partial charge is 0.303 e. The monoisotopic (exact) mass is 187 g/mol. The first kappa shape index (κ1) is 9.15. The zero-order valence-corrected chi connectivity index (χ0v) is 7.17. The number of hydrogen-bond acceptors (Lipinski definition) is 4. The third kappa shape index (κ3) is 2.60. The minimum absolute atomic E-state index is 0.0717. The van der Waals surface area contributed by atoms with Crippen molar-refractivity contribution in [3.63, 3.8) is 0 Å². The molecule has 1 aromatic rings. The first-order chi connectivity index (χ1) is 5.72. The summed E-state index contributed by atoms with van der Waals surface area (Å²) in [6.45, 7) is -0.0717. The molecule has 0 spiro atoms. The molecule has 0 fully saturated rings. The maximum Gasteiger partial charge on any atom is 0.303 e. The molecule has 0 aliphatic rings. The van der Waals surface area contributed by atoms with E-state index in [2.05, 4.69) is 4.98 Å². The number of nitrogens with zero attached hydrogens (tertiary/aromatic N) is 1. The molecule has 0 atom stereocenters. The molecule has 66 valence electrons. The highest BCUT2D eigenvalue weighted by Gasteiger charge is 2.03. The molecule has 0 radical (unpaired) electrons. The lowest BCUT2D eigenvalue weighted by molar-refractivity contribution is -0.136. The largest absolute Gasteiger partial charge is 0.481 e. The summed E-state index contributed by atoms with van der Waals surface area (Å²) in [6, 6.07) is 0. The lowest BCUT2D eigenvalue weighted by Crippen LogP contribution is -1.97. The van der Waals surface area contributed by atoms with Crippen LogP contribution < -0.4 is 0 Å². The molecule has 0 unspecified atom stereocenters. The van der Waals surface area contributed by atoms with Gasteiger partial charge in [0, 0.05) is 11.8 Å². The summed E-state index contributed by atoms with van der Waals surface area (Å²) in [6.07, 6.45) is 0.528. The van der Waals surface area contributed by atoms with Gasteiger partial charge >= 0.3 is 5.97 Å². The fraction of sp³-hybridized carbons (Fsp3) is 0.429. The Morgan fingerprint density at radius 1 is 1.67 bits per heavy atom. The Balaban J connectivity index is 2.47. The average molecular weight is 187 g/mol. The molecule has 1 heterocycles. The lowest BCUT2D eigenvalue weighted by Gasteiger charge is -1.90. The van der Waals surface area contributed by atoms with Gasteiger partial charge in [-0.3, -0.25) is 4.79 Å². The van der Waals surface area contributed by atoms with Crippen LogP contribution in [0.25, 0.3) is 0 Å². The normalized spacial score (nSPS) is 10.1. The highest BCUT2D eigenvalue weighted by atomic mass is 32.1. The molecular formula is C7H9NO3S. The van der Waals surface area contributed by atoms with Crippen LogP contribution in [0.1, 0.15) is 17.1 Å². The molecule has 0 saturated heterocycles. The summed E-state index contributed by atoms with van der Waals surface area (Å²) in [5, 5.41) is 19.4. The highest BCUT2D eigenvalue weighted by Crippen LogP contribution is 2.10. The molecule has 2 N–H and O–H groups in total. The molecule has 5 heteroatoms. The van der Waals surface area contributed by atoms with E-state index in [0.717, 1.165) is 5.69 Å². The third-order valence-electron chi connectivity index (χ3n) is 1.33. The Labute approximate surface area is 73.5 Å². The predicted molar refractivity (Wildman–Crippen MR) is 44.0 cm³/mol. The Hall–Kier alpha value is -0.940. The van der Waals surface area contributed by atoms with Gasteiger partial charge in [-0.2, -0.15) is 0 Å². The summed E-state index contributed by atoms with van der Waals surface area (Å²) in [4.78, 5) is 14.2. The summed E-state index contributed by atoms with van der Waals surface area (Å²) >= 11 is 1.35. The van der Waals surface area contributed by atoms with Crippen LogP contribution in [-0.4, -0.2) is 21.2 Å². The highest BCUT2D eigenvalue weighted by molar-refractivity contribution is 7.09. The third-order valence-corrected chi connectivity index (χ3v) is 2.21. The van der Waals surface area contributed by atoms with Gasteiger partial charge in [0.25, 0.3) is 0 Å². The van der Waals surface area contributed by atoms with Gasteiger partial charge in [-0.05, 0) is 0 Å². The van der Waals surface area contributed by atoms with Crippen molar-refractivity contribution in [1.82, 2.24) is 4.98 Å². The average Bonchev–Trinajstić information content (AvgIpc) is 2.48. The quantitative estimate of drug-likeness (QED) is 0.726. The number of aromatic nitrogens is 1. The number of aliphatic carboxylic acids is 1. The molecule has 0 amide bonds. The van der Waals surface area contributed by atoms with Crippen molar-refractivity contribution in [2.24, 2.45) is 0 Å². The van der Waals surface area contributed by atoms with Crippen molar-refractivity contribution < 1.29 is 15.0 Å². The number of rotatable bonds is 4. The molecule has 1 aromatic heterocycles. The zero-order valence-electron chi connectivity index (χ0n) is 6.36. The number of carboxylic acid groups (broad SMARTS) is 1. The minimum Gasteiger partial charge on any atom is -0.481 e. The fourth-order valence-corrected chi connectivity index (χ4v) is 1.46. The molecule has 0 aliphatic heterocycles. The molecule has 1 rings (SSSR count). The Bertz CT molecular complexity index is 271. The van der Waals surface area contributed by atoms with Crippen molar-refractivity contribution in [1.29, 1.82) is 0 Å². The van der Waals surface area contributed by atoms with E-state index in [1.807, 2.05) is 0 Å². The number of carboxylic acids is 1. The summed E-state index contributed by atoms with van der Waals surface area (Å²) in [7, 11) is 0. The van der Waals surface area contributed by atoms with Crippen molar-refractivity contribution in [2.75, 3.05) is 0 Å². The number of aliphatic hydroxyl groups excluding tert-OH is 1. The second-order valence-corrected chi connectivity index (χ2v) is 3.23. The van der Waals surface area contributed by atoms with Gasteiger partial charge in [0.05, 0.1) is 18.7 Å². The van der Waals surface area contributed by atoms with Gasteiger partial charge in [0.1, 0.15) is 5.01 Å². The topological polar surface area (TPSA) is 70.4 Å². The van der Waals surface area contributed by atoms with E-state index >= 15 is 0 Å². The van der Waals surface area contributed by atoms with Gasteiger partial charge in [-0.15, -0.1) is 11.3 Å². The van der Waals surface area contributed by atoms with E-state index < -0.39 is 5.97 Å². The minimum atomic E-state index is -0.825. The van der Waals surface area contributed by atoms with Crippen LogP contribution in [0.5, 0.6) is 0 Å². The van der Waals surface area contributed by atoms with Gasteiger partial charge in [-0.1, -0.05) is 0 Å². The van der Waals surface area contributed by atoms with Crippen LogP contribution in [-0.2, 0) is 17.8 Å². The van der Waals surface area contributed by atoms with Crippen LogP contribution in [0.3, 0.4) is 0 Å². The van der Waals surface area contributed by atoms with E-state index in [-0.39, 0.29) is 13.0 Å². The van der Waals surface area contributed by atoms with Crippen molar-refractivity contribution >= 4 is 17.3 Å². The summed E-state index contributed by atoms with van der Waals surface area (Å²) in [5.41, 5.74) is 0.742. The SMILES string of the molecule is O=C(O)CCc1csc(CO)n1. The number of hydrogen-bond donors (Lipinski definition) is 2. The second kappa shape index (κ2) is 4.18. The molecule has 0 aliphatic carbocycles. The van der Waals surface area contributed by atoms with Crippen molar-refractivity contribution in [3.8, 4) is 0 Å². The molecule has 0 bridgehead atoms. The van der Waals surface area contributed by atoms with Crippen LogP contribution >= 0.6 is 11.3 Å². The first-order valence-electron chi connectivity index (χ1n) is 3.48. The summed E-state index contributed by atoms with van der Waals surface area (Å²) < 4.78 is 0. The van der Waals surface area contributed by atoms with Crippen LogP contribution in [0.4, 0.5) is 0 Å². The van der Waals surface area contributed by atoms with E-state index in [0.29, 0.717) is 11.4 Å². The van der Waals surface area contributed by atoms with Gasteiger partial charge in [0.2, 0.25) is 0 Å². The molecular weight excluding hydrogens is 178 g/mol. The van der Waals surface area contributed by atoms with Gasteiger partial charge < -0.3 is 10.2 Å². The van der Waals surface area contributed by atoms with Crippen molar-refractivity contribution in [3.05, 3.63) is 16.1 Å².